The number of aryl methyl sites for hydroxylation is 1. The molecule has 0 fully saturated rings. The van der Waals surface area contributed by atoms with Gasteiger partial charge in [0.2, 0.25) is 5.96 Å². The van der Waals surface area contributed by atoms with Crippen LogP contribution in [0.4, 0.5) is 17.5 Å². The van der Waals surface area contributed by atoms with Crippen LogP contribution in [0.15, 0.2) is 75.4 Å². The molecule has 192 valence electrons. The molecule has 0 radical (unpaired) electrons. The fourth-order valence-corrected chi connectivity index (χ4v) is 4.48. The van der Waals surface area contributed by atoms with Crippen molar-refractivity contribution >= 4 is 57.9 Å². The van der Waals surface area contributed by atoms with E-state index in [-0.39, 0.29) is 17.6 Å². The van der Waals surface area contributed by atoms with Gasteiger partial charge in [0, 0.05) is 28.0 Å². The maximum Gasteiger partial charge on any atom is 0.302 e. The van der Waals surface area contributed by atoms with Crippen LogP contribution in [0.2, 0.25) is 5.02 Å². The number of nitrogens with one attached hydrogen (secondary N) is 3. The highest BCUT2D eigenvalue weighted by molar-refractivity contribution is 6.31. The summed E-state index contributed by atoms with van der Waals surface area (Å²) in [5, 5.41) is 9.39. The molecule has 1 atom stereocenters. The third-order valence-corrected chi connectivity index (χ3v) is 6.34. The van der Waals surface area contributed by atoms with Crippen LogP contribution in [0.5, 0.6) is 0 Å². The molecule has 1 aliphatic heterocycles. The monoisotopic (exact) mass is 529 g/mol. The molecule has 1 unspecified atom stereocenters. The average molecular weight is 530 g/mol. The van der Waals surface area contributed by atoms with Crippen LogP contribution in [0.3, 0.4) is 0 Å². The molecule has 0 aliphatic carbocycles. The highest BCUT2D eigenvalue weighted by atomic mass is 35.5. The molecule has 11 heteroatoms. The number of oxazole rings is 1. The molecule has 2 aromatic heterocycles. The lowest BCUT2D eigenvalue weighted by Gasteiger charge is -2.27. The minimum Gasteiger partial charge on any atom is -0.421 e. The minimum atomic E-state index is -0.766. The van der Waals surface area contributed by atoms with Gasteiger partial charge in [-0.25, -0.2) is 9.98 Å². The first-order valence-corrected chi connectivity index (χ1v) is 12.1. The van der Waals surface area contributed by atoms with Crippen molar-refractivity contribution in [2.75, 3.05) is 16.4 Å². The lowest BCUT2D eigenvalue weighted by atomic mass is 9.95. The van der Waals surface area contributed by atoms with Crippen molar-refractivity contribution in [3.63, 3.8) is 0 Å². The van der Waals surface area contributed by atoms with Gasteiger partial charge >= 0.3 is 6.01 Å². The van der Waals surface area contributed by atoms with E-state index in [2.05, 4.69) is 25.9 Å². The quantitative estimate of drug-likeness (QED) is 0.209. The van der Waals surface area contributed by atoms with E-state index in [4.69, 9.17) is 26.7 Å². The molecule has 0 saturated carbocycles. The number of fused-ring (bicyclic) bond motifs is 1. The number of nitrogens with zero attached hydrogens (tertiary/aromatic N) is 3. The summed E-state index contributed by atoms with van der Waals surface area (Å²) in [6, 6.07) is 13.4. The third kappa shape index (κ3) is 4.94. The number of aliphatic imine (C=N–C) groups is 1. The van der Waals surface area contributed by atoms with Gasteiger partial charge in [-0.15, -0.1) is 0 Å². The first-order chi connectivity index (χ1) is 18.2. The van der Waals surface area contributed by atoms with E-state index in [9.17, 15) is 9.59 Å². The summed E-state index contributed by atoms with van der Waals surface area (Å²) < 4.78 is 5.78. The molecule has 0 saturated heterocycles. The Morgan fingerprint density at radius 2 is 1.95 bits per heavy atom. The topological polar surface area (TPSA) is 148 Å². The molecule has 1 aliphatic rings. The number of carbonyl (C=O) groups is 2. The maximum atomic E-state index is 13.5. The van der Waals surface area contributed by atoms with E-state index in [1.54, 1.807) is 31.2 Å². The number of hydrogen-bond donors (Lipinski definition) is 4. The standard InChI is InChI=1S/C27H24ClN7O3/c1-13-7-8-17(18(28)11-13)23-22(25(37)33-21-12-16(15(3)36)9-10-30-21)14(2)31-26(34-23)35-27-32-20-6-4-5-19(29)24(20)38-27/h4-12,23H,29H2,1-3H3,(H,30,33,37)(H2,31,32,34,35). The number of rotatable bonds is 5. The Morgan fingerprint density at radius 3 is 2.68 bits per heavy atom. The Bertz CT molecular complexity index is 1660. The number of aromatic nitrogens is 2. The highest BCUT2D eigenvalue weighted by Crippen LogP contribution is 2.36. The number of nitrogens with two attached hydrogens (primary N) is 1. The van der Waals surface area contributed by atoms with Gasteiger partial charge in [0.25, 0.3) is 5.91 Å². The normalized spacial score (nSPS) is 15.2. The van der Waals surface area contributed by atoms with E-state index in [0.29, 0.717) is 50.2 Å². The number of halogens is 1. The number of carbonyl (C=O) groups excluding carboxylic acids is 2. The number of benzene rings is 2. The number of anilines is 3. The van der Waals surface area contributed by atoms with E-state index in [1.165, 1.54) is 19.2 Å². The van der Waals surface area contributed by atoms with Gasteiger partial charge in [0.15, 0.2) is 11.4 Å². The Hall–Kier alpha value is -4.70. The van der Waals surface area contributed by atoms with Crippen LogP contribution in [-0.4, -0.2) is 27.6 Å². The van der Waals surface area contributed by atoms with Crippen LogP contribution in [0.25, 0.3) is 11.1 Å². The number of hydrogen-bond acceptors (Lipinski definition) is 9. The Labute approximate surface area is 223 Å². The fourth-order valence-electron chi connectivity index (χ4n) is 4.14. The van der Waals surface area contributed by atoms with Gasteiger partial charge in [-0.05, 0) is 56.7 Å². The predicted molar refractivity (Wildman–Crippen MR) is 147 cm³/mol. The number of para-hydroxylation sites is 1. The molecule has 5 N–H and O–H groups in total. The molecule has 2 aromatic carbocycles. The first-order valence-electron chi connectivity index (χ1n) is 11.7. The second-order valence-electron chi connectivity index (χ2n) is 8.85. The van der Waals surface area contributed by atoms with E-state index in [1.807, 2.05) is 25.1 Å². The zero-order valence-electron chi connectivity index (χ0n) is 20.8. The molecule has 38 heavy (non-hydrogen) atoms. The van der Waals surface area contributed by atoms with Crippen molar-refractivity contribution in [1.29, 1.82) is 0 Å². The van der Waals surface area contributed by atoms with Crippen molar-refractivity contribution in [2.24, 2.45) is 4.99 Å². The summed E-state index contributed by atoms with van der Waals surface area (Å²) in [6.07, 6.45) is 1.47. The van der Waals surface area contributed by atoms with Crippen molar-refractivity contribution in [3.8, 4) is 0 Å². The van der Waals surface area contributed by atoms with Crippen molar-refractivity contribution in [3.05, 3.63) is 87.7 Å². The second-order valence-corrected chi connectivity index (χ2v) is 9.26. The minimum absolute atomic E-state index is 0.136. The summed E-state index contributed by atoms with van der Waals surface area (Å²) in [5.74, 6) is -0.0262. The summed E-state index contributed by atoms with van der Waals surface area (Å²) in [6.45, 7) is 5.13. The lowest BCUT2D eigenvalue weighted by molar-refractivity contribution is -0.113. The van der Waals surface area contributed by atoms with Gasteiger partial charge in [0.1, 0.15) is 17.4 Å². The van der Waals surface area contributed by atoms with Crippen LogP contribution >= 0.6 is 11.6 Å². The van der Waals surface area contributed by atoms with Gasteiger partial charge in [-0.3, -0.25) is 14.9 Å². The number of allylic oxidation sites excluding steroid dienone is 1. The molecular weight excluding hydrogens is 506 g/mol. The lowest BCUT2D eigenvalue weighted by Crippen LogP contribution is -2.37. The molecule has 1 amide bonds. The van der Waals surface area contributed by atoms with Gasteiger partial charge in [0.05, 0.1) is 11.3 Å². The Kier molecular flexibility index (Phi) is 6.56. The zero-order valence-corrected chi connectivity index (χ0v) is 21.6. The number of nitrogen functional groups attached to an aromatic ring is 1. The second kappa shape index (κ2) is 9.98. The maximum absolute atomic E-state index is 13.5. The van der Waals surface area contributed by atoms with Gasteiger partial charge in [-0.2, -0.15) is 4.98 Å². The molecule has 4 aromatic rings. The average Bonchev–Trinajstić information content (AvgIpc) is 3.27. The van der Waals surface area contributed by atoms with Crippen molar-refractivity contribution < 1.29 is 14.0 Å². The molecule has 5 rings (SSSR count). The van der Waals surface area contributed by atoms with Gasteiger partial charge in [-0.1, -0.05) is 29.8 Å². The molecule has 3 heterocycles. The molecule has 10 nitrogen and oxygen atoms in total. The molecule has 0 spiro atoms. The fraction of sp³-hybridized carbons (Fsp3) is 0.148. The number of Topliss-reactive ketones (excluding diaryl/α,β-unsaturated/α-hetero) is 1. The Morgan fingerprint density at radius 1 is 1.13 bits per heavy atom. The highest BCUT2D eigenvalue weighted by Gasteiger charge is 2.31. The van der Waals surface area contributed by atoms with Gasteiger partial charge < -0.3 is 20.8 Å². The van der Waals surface area contributed by atoms with Crippen LogP contribution < -0.4 is 21.7 Å². The summed E-state index contributed by atoms with van der Waals surface area (Å²) >= 11 is 6.62. The molecule has 0 bridgehead atoms. The van der Waals surface area contributed by atoms with E-state index in [0.717, 1.165) is 5.56 Å². The Balaban J connectivity index is 1.50. The third-order valence-electron chi connectivity index (χ3n) is 6.02. The summed E-state index contributed by atoms with van der Waals surface area (Å²) in [5.41, 5.74) is 10.4. The number of guanidine groups is 1. The number of ketones is 1. The smallest absolute Gasteiger partial charge is 0.302 e. The SMILES string of the molecule is CC(=O)c1ccnc(NC(=O)C2=C(C)NC(Nc3nc4cccc(N)c4o3)=NC2c2ccc(C)cc2Cl)c1. The summed E-state index contributed by atoms with van der Waals surface area (Å²) in [4.78, 5) is 38.7. The summed E-state index contributed by atoms with van der Waals surface area (Å²) in [7, 11) is 0. The van der Waals surface area contributed by atoms with Crippen LogP contribution in [-0.2, 0) is 4.79 Å². The zero-order chi connectivity index (χ0) is 27.0. The van der Waals surface area contributed by atoms with Crippen LogP contribution in [0.1, 0.15) is 41.4 Å². The number of amides is 1. The molecular formula is C27H24ClN7O3. The van der Waals surface area contributed by atoms with Crippen molar-refractivity contribution in [2.45, 2.75) is 26.8 Å². The van der Waals surface area contributed by atoms with E-state index < -0.39 is 11.9 Å². The van der Waals surface area contributed by atoms with Crippen LogP contribution in [0, 0.1) is 6.92 Å². The number of pyridine rings is 1. The van der Waals surface area contributed by atoms with Crippen molar-refractivity contribution in [1.82, 2.24) is 15.3 Å². The van der Waals surface area contributed by atoms with E-state index >= 15 is 0 Å². The largest absolute Gasteiger partial charge is 0.421 e. The predicted octanol–water partition coefficient (Wildman–Crippen LogP) is 4.99. The first kappa shape index (κ1) is 25.0.